The van der Waals surface area contributed by atoms with Gasteiger partial charge in [0.15, 0.2) is 0 Å². The topological polar surface area (TPSA) is 126 Å². The second-order valence-electron chi connectivity index (χ2n) is 1.04. The van der Waals surface area contributed by atoms with E-state index >= 15 is 0 Å². The molecule has 0 rings (SSSR count). The SMILES string of the molecule is O=P([O-])([O-])SSP(=O)([O-])[O-]. The number of rotatable bonds is 3. The fourth-order valence-electron chi connectivity index (χ4n) is 0.0816. The lowest BCUT2D eigenvalue weighted by atomic mass is 15.8. The standard InChI is InChI=1S/H4O6P2S2/c1-7(2,3)9-10-8(4,5)6/h(H2,1,2,3)(H2,4,5,6)/p-4. The van der Waals surface area contributed by atoms with Crippen LogP contribution in [0.25, 0.3) is 0 Å². The van der Waals surface area contributed by atoms with Gasteiger partial charge in [0.1, 0.15) is 0 Å². The second kappa shape index (κ2) is 3.60. The molecule has 0 unspecified atom stereocenters. The average molecular weight is 222 g/mol. The summed E-state index contributed by atoms with van der Waals surface area (Å²) in [6.07, 6.45) is 0. The zero-order chi connectivity index (χ0) is 8.41. The van der Waals surface area contributed by atoms with E-state index in [1.54, 1.807) is 0 Å². The van der Waals surface area contributed by atoms with Gasteiger partial charge in [-0.1, -0.05) is 20.8 Å². The van der Waals surface area contributed by atoms with Gasteiger partial charge in [-0.05, 0) is 0 Å². The highest BCUT2D eigenvalue weighted by Gasteiger charge is 1.95. The van der Waals surface area contributed by atoms with Crippen molar-refractivity contribution in [1.29, 1.82) is 0 Å². The minimum absolute atomic E-state index is 0.486. The van der Waals surface area contributed by atoms with Crippen molar-refractivity contribution in [2.75, 3.05) is 0 Å². The maximum atomic E-state index is 9.69. The van der Waals surface area contributed by atoms with Gasteiger partial charge in [0, 0.05) is 13.6 Å². The molecule has 0 heterocycles. The van der Waals surface area contributed by atoms with Crippen LogP contribution in [0.4, 0.5) is 0 Å². The van der Waals surface area contributed by atoms with E-state index in [0.717, 1.165) is 0 Å². The summed E-state index contributed by atoms with van der Waals surface area (Å²) in [4.78, 5) is 38.8. The van der Waals surface area contributed by atoms with Crippen LogP contribution in [0.2, 0.25) is 0 Å². The first-order chi connectivity index (χ1) is 4.21. The van der Waals surface area contributed by atoms with Crippen LogP contribution in [-0.2, 0) is 9.13 Å². The summed E-state index contributed by atoms with van der Waals surface area (Å²) in [7, 11) is -0.973. The van der Waals surface area contributed by atoms with Crippen LogP contribution >= 0.6 is 34.4 Å². The quantitative estimate of drug-likeness (QED) is 0.397. The lowest BCUT2D eigenvalue weighted by molar-refractivity contribution is -0.305. The van der Waals surface area contributed by atoms with E-state index in [-0.39, 0.29) is 0 Å². The fourth-order valence-corrected chi connectivity index (χ4v) is 6.61. The van der Waals surface area contributed by atoms with E-state index in [0.29, 0.717) is 0 Å². The highest BCUT2D eigenvalue weighted by molar-refractivity contribution is 9.12. The molecule has 0 aliphatic heterocycles. The molecule has 0 spiro atoms. The van der Waals surface area contributed by atoms with E-state index in [4.69, 9.17) is 0 Å². The molecule has 0 atom stereocenters. The van der Waals surface area contributed by atoms with Crippen LogP contribution in [0.3, 0.4) is 0 Å². The van der Waals surface area contributed by atoms with Crippen molar-refractivity contribution in [2.24, 2.45) is 0 Å². The molecule has 0 radical (unpaired) electrons. The van der Waals surface area contributed by atoms with Gasteiger partial charge in [-0.15, -0.1) is 0 Å². The van der Waals surface area contributed by atoms with E-state index in [1.165, 1.54) is 0 Å². The van der Waals surface area contributed by atoms with Crippen molar-refractivity contribution < 1.29 is 28.7 Å². The molecule has 0 aliphatic rings. The first-order valence-electron chi connectivity index (χ1n) is 1.63. The van der Waals surface area contributed by atoms with Gasteiger partial charge in [-0.3, -0.25) is 0 Å². The smallest absolute Gasteiger partial charge is 0.00130 e. The third-order valence-corrected chi connectivity index (χ3v) is 7.63. The minimum Gasteiger partial charge on any atom is -0.802 e. The molecule has 0 N–H and O–H groups in total. The largest absolute Gasteiger partial charge is 0.802 e. The zero-order valence-electron chi connectivity index (χ0n) is 4.16. The Bertz CT molecular complexity index is 164. The third kappa shape index (κ3) is 9.00. The molecular formula is O6P2S2-4. The Labute approximate surface area is 63.6 Å². The van der Waals surface area contributed by atoms with Crippen molar-refractivity contribution >= 4 is 34.4 Å². The molecule has 0 amide bonds. The Hall–Kier alpha value is 1.000. The summed E-state index contributed by atoms with van der Waals surface area (Å²) >= 11 is 0. The molecule has 0 fully saturated rings. The lowest BCUT2D eigenvalue weighted by Crippen LogP contribution is -2.11. The average Bonchev–Trinajstić information content (AvgIpc) is 1.57. The predicted molar refractivity (Wildman–Crippen MR) is 30.4 cm³/mol. The Kier molecular flexibility index (Phi) is 3.96. The Morgan fingerprint density at radius 2 is 1.00 bits per heavy atom. The van der Waals surface area contributed by atoms with Crippen molar-refractivity contribution in [1.82, 2.24) is 0 Å². The molecule has 6 nitrogen and oxygen atoms in total. The summed E-state index contributed by atoms with van der Waals surface area (Å²) < 4.78 is 19.4. The van der Waals surface area contributed by atoms with Crippen molar-refractivity contribution in [2.45, 2.75) is 0 Å². The van der Waals surface area contributed by atoms with Crippen molar-refractivity contribution in [3.8, 4) is 0 Å². The van der Waals surface area contributed by atoms with E-state index in [1.807, 2.05) is 0 Å². The second-order valence-corrected chi connectivity index (χ2v) is 9.39. The first kappa shape index (κ1) is 11.0. The molecule has 0 saturated heterocycles. The number of hydrogen-bond acceptors (Lipinski definition) is 8. The Morgan fingerprint density at radius 3 is 1.10 bits per heavy atom. The minimum atomic E-state index is -4.95. The zero-order valence-corrected chi connectivity index (χ0v) is 7.58. The molecule has 0 bridgehead atoms. The van der Waals surface area contributed by atoms with Crippen LogP contribution in [0.5, 0.6) is 0 Å². The number of hydrogen-bond donors (Lipinski definition) is 0. The summed E-state index contributed by atoms with van der Waals surface area (Å²) in [6.45, 7) is -9.91. The molecule has 0 aliphatic carbocycles. The summed E-state index contributed by atoms with van der Waals surface area (Å²) in [6, 6.07) is 0. The van der Waals surface area contributed by atoms with Gasteiger partial charge in [0.25, 0.3) is 0 Å². The summed E-state index contributed by atoms with van der Waals surface area (Å²) in [5.41, 5.74) is 0. The van der Waals surface area contributed by atoms with Crippen LogP contribution < -0.4 is 19.6 Å². The Morgan fingerprint density at radius 1 is 0.800 bits per heavy atom. The van der Waals surface area contributed by atoms with Gasteiger partial charge < -0.3 is 28.7 Å². The molecule has 10 heteroatoms. The molecule has 0 aromatic rings. The maximum absolute atomic E-state index is 9.69. The predicted octanol–water partition coefficient (Wildman–Crippen LogP) is -1.97. The van der Waals surface area contributed by atoms with Crippen LogP contribution in [0.15, 0.2) is 0 Å². The lowest BCUT2D eigenvalue weighted by Gasteiger charge is -2.33. The molecule has 0 aromatic heterocycles. The third-order valence-electron chi connectivity index (χ3n) is 0.216. The maximum Gasteiger partial charge on any atom is 0.00130 e. The first-order valence-corrected chi connectivity index (χ1v) is 8.07. The molecule has 0 saturated carbocycles. The molecule has 10 heavy (non-hydrogen) atoms. The van der Waals surface area contributed by atoms with Gasteiger partial charge in [-0.2, -0.15) is 0 Å². The van der Waals surface area contributed by atoms with E-state index in [9.17, 15) is 28.7 Å². The monoisotopic (exact) mass is 222 g/mol. The normalized spacial score (nSPS) is 13.6. The van der Waals surface area contributed by atoms with E-state index in [2.05, 4.69) is 0 Å². The van der Waals surface area contributed by atoms with Gasteiger partial charge in [0.2, 0.25) is 0 Å². The highest BCUT2D eigenvalue weighted by Crippen LogP contribution is 2.61. The van der Waals surface area contributed by atoms with Crippen molar-refractivity contribution in [3.05, 3.63) is 0 Å². The Balaban J connectivity index is 3.79. The van der Waals surface area contributed by atoms with Crippen LogP contribution in [0.1, 0.15) is 0 Å². The van der Waals surface area contributed by atoms with Crippen LogP contribution in [0, 0.1) is 0 Å². The van der Waals surface area contributed by atoms with Gasteiger partial charge >= 0.3 is 0 Å². The molecule has 62 valence electrons. The van der Waals surface area contributed by atoms with Gasteiger partial charge in [-0.25, -0.2) is 0 Å². The van der Waals surface area contributed by atoms with Crippen molar-refractivity contribution in [3.63, 3.8) is 0 Å². The van der Waals surface area contributed by atoms with E-state index < -0.39 is 34.4 Å². The summed E-state index contributed by atoms with van der Waals surface area (Å²) in [5, 5.41) is 0. The highest BCUT2D eigenvalue weighted by atomic mass is 33.5. The molecule has 0 aromatic carbocycles. The fraction of sp³-hybridized carbons (Fsp3) is 0. The summed E-state index contributed by atoms with van der Waals surface area (Å²) in [5.74, 6) is 0. The molecular weight excluding hydrogens is 222 g/mol. The van der Waals surface area contributed by atoms with Gasteiger partial charge in [0.05, 0.1) is 0 Å². The van der Waals surface area contributed by atoms with Crippen LogP contribution in [-0.4, -0.2) is 0 Å².